The first-order valence-electron chi connectivity index (χ1n) is 16.8. The van der Waals surface area contributed by atoms with Crippen LogP contribution in [0.1, 0.15) is 93.6 Å². The van der Waals surface area contributed by atoms with Gasteiger partial charge in [0.2, 0.25) is 0 Å². The fourth-order valence-electron chi connectivity index (χ4n) is 5.62. The van der Waals surface area contributed by atoms with Crippen molar-refractivity contribution in [2.45, 2.75) is 93.4 Å². The van der Waals surface area contributed by atoms with E-state index in [0.29, 0.717) is 0 Å². The van der Waals surface area contributed by atoms with Crippen LogP contribution >= 0.6 is 11.3 Å². The van der Waals surface area contributed by atoms with E-state index in [-0.39, 0.29) is 47.9 Å². The molecule has 0 unspecified atom stereocenters. The monoisotopic (exact) mass is 840 g/mol. The van der Waals surface area contributed by atoms with Gasteiger partial charge in [-0.25, -0.2) is 0 Å². The molecule has 257 valence electrons. The number of nitrogens with zero attached hydrogens (tertiary/aromatic N) is 2. The van der Waals surface area contributed by atoms with Crippen molar-refractivity contribution in [3.05, 3.63) is 103 Å². The minimum Gasteiger partial charge on any atom is -0.512 e. The number of benzene rings is 2. The molecule has 2 aromatic carbocycles. The maximum Gasteiger partial charge on any atom is 0.164 e. The number of hydrogen-bond donors (Lipinski definition) is 1. The molecule has 3 aromatic heterocycles. The Morgan fingerprint density at radius 3 is 2.21 bits per heavy atom. The number of ketones is 1. The summed E-state index contributed by atoms with van der Waals surface area (Å²) < 4.78 is 3.12. The van der Waals surface area contributed by atoms with Crippen LogP contribution in [0.2, 0.25) is 0 Å². The second-order valence-corrected chi connectivity index (χ2v) is 15.1. The zero-order valence-corrected chi connectivity index (χ0v) is 33.2. The van der Waals surface area contributed by atoms with Gasteiger partial charge in [-0.15, -0.1) is 40.5 Å². The van der Waals surface area contributed by atoms with Gasteiger partial charge in [-0.1, -0.05) is 91.5 Å². The van der Waals surface area contributed by atoms with Crippen LogP contribution < -0.4 is 4.57 Å². The Kier molecular flexibility index (Phi) is 13.0. The van der Waals surface area contributed by atoms with E-state index in [1.807, 2.05) is 58.5 Å². The van der Waals surface area contributed by atoms with Gasteiger partial charge in [-0.05, 0) is 71.7 Å². The molecule has 1 N–H and O–H groups in total. The summed E-state index contributed by atoms with van der Waals surface area (Å²) in [7, 11) is 4.22. The summed E-state index contributed by atoms with van der Waals surface area (Å²) in [4.78, 5) is 16.9. The van der Waals surface area contributed by atoms with Gasteiger partial charge in [-0.2, -0.15) is 0 Å². The van der Waals surface area contributed by atoms with Crippen molar-refractivity contribution in [3.8, 4) is 22.5 Å². The van der Waals surface area contributed by atoms with Crippen molar-refractivity contribution in [1.82, 2.24) is 4.98 Å². The van der Waals surface area contributed by atoms with Gasteiger partial charge in [0.05, 0.1) is 16.6 Å². The van der Waals surface area contributed by atoms with Crippen molar-refractivity contribution in [2.24, 2.45) is 10.8 Å². The molecule has 0 saturated carbocycles. The average molecular weight is 840 g/mol. The average Bonchev–Trinajstić information content (AvgIpc) is 3.55. The normalized spacial score (nSPS) is 12.4. The van der Waals surface area contributed by atoms with Gasteiger partial charge in [0.1, 0.15) is 11.5 Å². The summed E-state index contributed by atoms with van der Waals surface area (Å²) in [6.45, 7) is 18.9. The molecule has 0 amide bonds. The molecule has 0 atom stereocenters. The molecule has 4 nitrogen and oxygen atoms in total. The number of rotatable bonds is 9. The summed E-state index contributed by atoms with van der Waals surface area (Å²) in [5, 5.41) is 15.8. The molecule has 6 heteroatoms. The molecular weight excluding hydrogens is 789 g/mol. The van der Waals surface area contributed by atoms with Crippen molar-refractivity contribution in [2.75, 3.05) is 0 Å². The molecule has 1 radical (unpaired) electrons. The number of allylic oxidation sites excluding steroid dienone is 2. The third-order valence-electron chi connectivity index (χ3n) is 10.1. The number of aliphatic hydroxyl groups excluding tert-OH is 1. The van der Waals surface area contributed by atoms with E-state index in [9.17, 15) is 9.90 Å². The summed E-state index contributed by atoms with van der Waals surface area (Å²) in [6.07, 6.45) is 8.72. The van der Waals surface area contributed by atoms with E-state index < -0.39 is 0 Å². The zero-order valence-electron chi connectivity index (χ0n) is 30.0. The molecule has 0 spiro atoms. The molecule has 0 aliphatic heterocycles. The largest absolute Gasteiger partial charge is 0.512 e. The van der Waals surface area contributed by atoms with Crippen LogP contribution in [0.4, 0.5) is 0 Å². The SMILES string of the molecule is CCC(C)(CC)C(=O)/C=C(\O)C(C)(CC)CC.[CH2-][n+]1ccc(-c2cc3ccsc3cn2)cc1-c1[c-]c2ccccc2c(C(C)(C)C)c1.[Ir]. The Bertz CT molecular complexity index is 1890. The molecule has 0 aliphatic rings. The summed E-state index contributed by atoms with van der Waals surface area (Å²) >= 11 is 1.72. The predicted octanol–water partition coefficient (Wildman–Crippen LogP) is 11.5. The van der Waals surface area contributed by atoms with Crippen molar-refractivity contribution < 1.29 is 34.6 Å². The third kappa shape index (κ3) is 8.45. The quantitative estimate of drug-likeness (QED) is 0.0696. The maximum atomic E-state index is 12.2. The molecule has 0 fully saturated rings. The van der Waals surface area contributed by atoms with Crippen LogP contribution in [-0.2, 0) is 30.3 Å². The molecule has 0 aliphatic carbocycles. The van der Waals surface area contributed by atoms with E-state index in [1.54, 1.807) is 11.3 Å². The molecule has 3 heterocycles. The number of fused-ring (bicyclic) bond motifs is 2. The predicted molar refractivity (Wildman–Crippen MR) is 200 cm³/mol. The summed E-state index contributed by atoms with van der Waals surface area (Å²) in [6, 6.07) is 22.9. The molecule has 0 bridgehead atoms. The van der Waals surface area contributed by atoms with Crippen LogP contribution in [0.5, 0.6) is 0 Å². The van der Waals surface area contributed by atoms with Gasteiger partial charge >= 0.3 is 0 Å². The number of carbonyl (C=O) groups excluding carboxylic acids is 1. The molecule has 5 rings (SSSR count). The Balaban J connectivity index is 0.000000301. The van der Waals surface area contributed by atoms with E-state index in [4.69, 9.17) is 4.98 Å². The van der Waals surface area contributed by atoms with Gasteiger partial charge < -0.3 is 9.67 Å². The molecule has 5 aromatic rings. The van der Waals surface area contributed by atoms with Gasteiger partial charge in [0.25, 0.3) is 0 Å². The Hall–Kier alpha value is -3.31. The van der Waals surface area contributed by atoms with Gasteiger partial charge in [0.15, 0.2) is 5.78 Å². The van der Waals surface area contributed by atoms with Gasteiger partial charge in [-0.3, -0.25) is 9.78 Å². The Labute approximate surface area is 305 Å². The Morgan fingerprint density at radius 1 is 0.938 bits per heavy atom. The van der Waals surface area contributed by atoms with E-state index in [2.05, 4.69) is 93.9 Å². The van der Waals surface area contributed by atoms with Crippen molar-refractivity contribution in [1.29, 1.82) is 0 Å². The zero-order chi connectivity index (χ0) is 34.6. The van der Waals surface area contributed by atoms with Gasteiger partial charge in [0, 0.05) is 50.3 Å². The fourth-order valence-corrected chi connectivity index (χ4v) is 6.36. The minimum atomic E-state index is -0.337. The second-order valence-electron chi connectivity index (χ2n) is 14.1. The number of pyridine rings is 2. The van der Waals surface area contributed by atoms with Crippen LogP contribution in [0.3, 0.4) is 0 Å². The first-order chi connectivity index (χ1) is 22.2. The standard InChI is InChI=1S/C27H23N2S.C15H28O2.Ir/c1-27(2,3)23-14-21(13-18-7-5-6-8-22(18)23)25-16-19(9-11-29(25)4)24-15-20-10-12-30-26(20)17-28-24;1-7-14(5,8-2)12(16)11-13(17)15(6,9-3)10-4;/h5-12,14-17H,4H2,1-3H3;11,16H,7-10H2,1-6H3;/q-1;;/b;12-11-;. The number of carbonyl (C=O) groups is 1. The summed E-state index contributed by atoms with van der Waals surface area (Å²) in [5.74, 6) is 0.286. The molecular formula is C42H51IrN2O2S-. The van der Waals surface area contributed by atoms with Crippen molar-refractivity contribution >= 4 is 38.0 Å². The first-order valence-corrected chi connectivity index (χ1v) is 17.7. The smallest absolute Gasteiger partial charge is 0.164 e. The topological polar surface area (TPSA) is 54.1 Å². The van der Waals surface area contributed by atoms with E-state index in [0.717, 1.165) is 53.6 Å². The Morgan fingerprint density at radius 2 is 1.58 bits per heavy atom. The first kappa shape index (κ1) is 39.1. The number of aliphatic hydroxyl groups is 1. The van der Waals surface area contributed by atoms with Crippen LogP contribution in [0.25, 0.3) is 43.4 Å². The maximum absolute atomic E-state index is 12.2. The third-order valence-corrected chi connectivity index (χ3v) is 11.0. The van der Waals surface area contributed by atoms with Crippen LogP contribution in [-0.4, -0.2) is 15.9 Å². The molecule has 48 heavy (non-hydrogen) atoms. The number of aromatic nitrogens is 2. The van der Waals surface area contributed by atoms with Crippen molar-refractivity contribution in [3.63, 3.8) is 0 Å². The van der Waals surface area contributed by atoms with E-state index in [1.165, 1.54) is 27.1 Å². The summed E-state index contributed by atoms with van der Waals surface area (Å²) in [5.41, 5.74) is 4.86. The minimum absolute atomic E-state index is 0. The van der Waals surface area contributed by atoms with Crippen LogP contribution in [0.15, 0.2) is 84.2 Å². The fraction of sp³-hybridized carbons (Fsp3) is 0.381. The van der Waals surface area contributed by atoms with Crippen LogP contribution in [0, 0.1) is 23.9 Å². The molecule has 0 saturated heterocycles. The number of thiophene rings is 1. The number of hydrogen-bond acceptors (Lipinski definition) is 4. The van der Waals surface area contributed by atoms with E-state index >= 15 is 0 Å². The second kappa shape index (κ2) is 15.9.